The van der Waals surface area contributed by atoms with Crippen LogP contribution >= 0.6 is 11.6 Å². The highest BCUT2D eigenvalue weighted by atomic mass is 35.5. The average molecular weight is 610 g/mol. The normalized spacial score (nSPS) is 14.9. The minimum atomic E-state index is -0.375. The first-order chi connectivity index (χ1) is 21.5. The van der Waals surface area contributed by atoms with Crippen LogP contribution in [0.4, 0.5) is 4.79 Å². The minimum absolute atomic E-state index is 0.289. The molecule has 0 spiro atoms. The third-order valence-corrected chi connectivity index (χ3v) is 8.35. The number of unbranched alkanes of at least 4 members (excludes halogenated alkanes) is 1. The van der Waals surface area contributed by atoms with E-state index in [9.17, 15) is 4.79 Å². The van der Waals surface area contributed by atoms with Crippen LogP contribution in [0.1, 0.15) is 67.3 Å². The molecule has 1 aliphatic heterocycles. The molecule has 1 aromatic heterocycles. The molecule has 1 atom stereocenters. The van der Waals surface area contributed by atoms with Crippen molar-refractivity contribution in [3.63, 3.8) is 0 Å². The summed E-state index contributed by atoms with van der Waals surface area (Å²) >= 11 is 6.50. The van der Waals surface area contributed by atoms with Crippen molar-refractivity contribution in [2.75, 3.05) is 13.2 Å². The third-order valence-electron chi connectivity index (χ3n) is 8.11. The van der Waals surface area contributed by atoms with Crippen LogP contribution in [0.5, 0.6) is 11.5 Å². The number of amides is 1. The summed E-state index contributed by atoms with van der Waals surface area (Å²) < 4.78 is 14.1. The van der Waals surface area contributed by atoms with E-state index in [0.29, 0.717) is 30.3 Å². The molecule has 0 N–H and O–H groups in total. The minimum Gasteiger partial charge on any atom is -0.494 e. The molecule has 0 fully saturated rings. The van der Waals surface area contributed by atoms with Gasteiger partial charge in [0, 0.05) is 36.1 Å². The van der Waals surface area contributed by atoms with Gasteiger partial charge in [-0.15, -0.1) is 0 Å². The quantitative estimate of drug-likeness (QED) is 0.150. The van der Waals surface area contributed by atoms with Gasteiger partial charge in [0.25, 0.3) is 0 Å². The first kappa shape index (κ1) is 31.1. The van der Waals surface area contributed by atoms with Gasteiger partial charge in [0.15, 0.2) is 0 Å². The van der Waals surface area contributed by atoms with Crippen LogP contribution in [-0.2, 0) is 6.54 Å². The first-order valence-electron chi connectivity index (χ1n) is 15.3. The van der Waals surface area contributed by atoms with E-state index in [4.69, 9.17) is 21.1 Å². The Morgan fingerprint density at radius 1 is 1.11 bits per heavy atom. The van der Waals surface area contributed by atoms with Gasteiger partial charge in [0.2, 0.25) is 0 Å². The lowest BCUT2D eigenvalue weighted by Crippen LogP contribution is -2.41. The maximum Gasteiger partial charge on any atom is 0.416 e. The fourth-order valence-corrected chi connectivity index (χ4v) is 6.00. The van der Waals surface area contributed by atoms with Crippen molar-refractivity contribution in [2.45, 2.75) is 58.5 Å². The van der Waals surface area contributed by atoms with Gasteiger partial charge in [-0.05, 0) is 90.8 Å². The number of aromatic nitrogens is 2. The predicted molar refractivity (Wildman–Crippen MR) is 178 cm³/mol. The maximum absolute atomic E-state index is 13.9. The summed E-state index contributed by atoms with van der Waals surface area (Å²) in [5.41, 5.74) is 6.61. The summed E-state index contributed by atoms with van der Waals surface area (Å²) in [6.07, 6.45) is 11.4. The summed E-state index contributed by atoms with van der Waals surface area (Å²) in [6, 6.07) is 21.4. The molecule has 0 aliphatic carbocycles. The van der Waals surface area contributed by atoms with Gasteiger partial charge in [-0.1, -0.05) is 74.0 Å². The van der Waals surface area contributed by atoms with Gasteiger partial charge in [-0.2, -0.15) is 0 Å². The molecule has 1 amide bonds. The van der Waals surface area contributed by atoms with E-state index >= 15 is 0 Å². The highest BCUT2D eigenvalue weighted by Crippen LogP contribution is 2.44. The monoisotopic (exact) mass is 609 g/mol. The number of carbonyl (C=O) groups excluding carboxylic acids is 1. The zero-order valence-corrected chi connectivity index (χ0v) is 26.3. The summed E-state index contributed by atoms with van der Waals surface area (Å²) in [5, 5.41) is 0.710. The number of rotatable bonds is 12. The molecule has 4 aromatic rings. The average Bonchev–Trinajstić information content (AvgIpc) is 3.57. The topological polar surface area (TPSA) is 56.6 Å². The Morgan fingerprint density at radius 3 is 2.68 bits per heavy atom. The van der Waals surface area contributed by atoms with Crippen molar-refractivity contribution in [2.24, 2.45) is 0 Å². The molecule has 6 nitrogen and oxygen atoms in total. The number of hydrogen-bond donors (Lipinski definition) is 0. The van der Waals surface area contributed by atoms with Crippen molar-refractivity contribution in [1.29, 1.82) is 0 Å². The second kappa shape index (κ2) is 14.9. The van der Waals surface area contributed by atoms with Crippen LogP contribution in [0.25, 0.3) is 11.6 Å². The lowest BCUT2D eigenvalue weighted by Gasteiger charge is -2.39. The molecule has 0 radical (unpaired) electrons. The second-order valence-electron chi connectivity index (χ2n) is 11.1. The number of benzene rings is 3. The number of carbonyl (C=O) groups is 1. The van der Waals surface area contributed by atoms with Crippen molar-refractivity contribution in [1.82, 2.24) is 14.5 Å². The van der Waals surface area contributed by atoms with Crippen LogP contribution in [0, 0.1) is 6.92 Å². The highest BCUT2D eigenvalue weighted by Gasteiger charge is 2.35. The van der Waals surface area contributed by atoms with Gasteiger partial charge < -0.3 is 14.0 Å². The van der Waals surface area contributed by atoms with Crippen LogP contribution in [0.3, 0.4) is 0 Å². The van der Waals surface area contributed by atoms with E-state index in [1.807, 2.05) is 58.4 Å². The molecular formula is C37H40ClN3O3. The third kappa shape index (κ3) is 7.43. The van der Waals surface area contributed by atoms with Crippen molar-refractivity contribution < 1.29 is 14.3 Å². The van der Waals surface area contributed by atoms with Crippen LogP contribution in [-0.4, -0.2) is 33.7 Å². The molecule has 0 saturated heterocycles. The van der Waals surface area contributed by atoms with Gasteiger partial charge in [-0.25, -0.2) is 9.78 Å². The molecule has 0 bridgehead atoms. The van der Waals surface area contributed by atoms with Gasteiger partial charge >= 0.3 is 6.09 Å². The fraction of sp³-hybridized carbons (Fsp3) is 0.297. The molecule has 1 unspecified atom stereocenters. The molecule has 3 aromatic carbocycles. The van der Waals surface area contributed by atoms with Crippen molar-refractivity contribution >= 4 is 29.3 Å². The van der Waals surface area contributed by atoms with Gasteiger partial charge in [0.05, 0.1) is 19.0 Å². The second-order valence-corrected chi connectivity index (χ2v) is 11.5. The summed E-state index contributed by atoms with van der Waals surface area (Å²) in [7, 11) is 0. The van der Waals surface area contributed by atoms with E-state index in [2.05, 4.69) is 49.7 Å². The molecule has 44 heavy (non-hydrogen) atoms. The Bertz CT molecular complexity index is 1590. The largest absolute Gasteiger partial charge is 0.494 e. The van der Waals surface area contributed by atoms with Gasteiger partial charge in [0.1, 0.15) is 11.5 Å². The van der Waals surface area contributed by atoms with Crippen LogP contribution < -0.4 is 9.47 Å². The highest BCUT2D eigenvalue weighted by molar-refractivity contribution is 6.30. The first-order valence-corrected chi connectivity index (χ1v) is 15.7. The van der Waals surface area contributed by atoms with E-state index < -0.39 is 0 Å². The molecule has 2 heterocycles. The summed E-state index contributed by atoms with van der Waals surface area (Å²) in [6.45, 7) is 10.2. The number of ether oxygens (including phenoxy) is 2. The zero-order valence-electron chi connectivity index (χ0n) is 25.5. The Kier molecular flexibility index (Phi) is 10.6. The Morgan fingerprint density at radius 2 is 1.93 bits per heavy atom. The van der Waals surface area contributed by atoms with Crippen molar-refractivity contribution in [3.8, 4) is 11.5 Å². The maximum atomic E-state index is 13.9. The number of halogens is 1. The summed E-state index contributed by atoms with van der Waals surface area (Å²) in [5.74, 6) is 1.30. The predicted octanol–water partition coefficient (Wildman–Crippen LogP) is 9.55. The van der Waals surface area contributed by atoms with E-state index in [0.717, 1.165) is 54.7 Å². The number of para-hydroxylation sites is 1. The Balaban J connectivity index is 1.48. The summed E-state index contributed by atoms with van der Waals surface area (Å²) in [4.78, 5) is 19.9. The lowest BCUT2D eigenvalue weighted by atomic mass is 9.81. The van der Waals surface area contributed by atoms with Crippen LogP contribution in [0.15, 0.2) is 97.6 Å². The Hall–Kier alpha value is -4.29. The molecular weight excluding hydrogens is 570 g/mol. The number of imidazole rings is 1. The van der Waals surface area contributed by atoms with Crippen molar-refractivity contribution in [3.05, 3.63) is 125 Å². The SMILES string of the molecule is C=Cc1ccccc1OC(=O)N1CCC(c2cc(Cl)ccc2C)=C(CCCC)C1c1ccc(OCCCn2ccnc2)cc1. The molecule has 7 heteroatoms. The zero-order chi connectivity index (χ0) is 30.9. The van der Waals surface area contributed by atoms with E-state index in [1.54, 1.807) is 18.3 Å². The standard InChI is InChI=1S/C37H40ClN3O3/c1-4-6-11-33-32(34-25-30(38)16-13-27(34)3)19-22-41(37(42)44-35-12-8-7-10-28(35)5-2)36(33)29-14-17-31(18-15-29)43-24-9-21-40-23-20-39-26-40/h5,7-8,10,12-18,20,23,25-26,36H,2,4,6,9,11,19,21-22,24H2,1,3H3. The van der Waals surface area contributed by atoms with Crippen LogP contribution in [0.2, 0.25) is 5.02 Å². The van der Waals surface area contributed by atoms with E-state index in [-0.39, 0.29) is 12.1 Å². The molecule has 1 aliphatic rings. The molecule has 5 rings (SSSR count). The lowest BCUT2D eigenvalue weighted by molar-refractivity contribution is 0.136. The molecule has 0 saturated carbocycles. The Labute approximate surface area is 265 Å². The van der Waals surface area contributed by atoms with Gasteiger partial charge in [-0.3, -0.25) is 4.90 Å². The van der Waals surface area contributed by atoms with E-state index in [1.165, 1.54) is 16.7 Å². The molecule has 228 valence electrons. The fourth-order valence-electron chi connectivity index (χ4n) is 5.83. The number of nitrogens with zero attached hydrogens (tertiary/aromatic N) is 3. The smallest absolute Gasteiger partial charge is 0.416 e. The number of aryl methyl sites for hydroxylation is 2. The number of hydrogen-bond acceptors (Lipinski definition) is 4.